The van der Waals surface area contributed by atoms with Crippen molar-refractivity contribution in [3.05, 3.63) is 71.6 Å². The number of aromatic nitrogens is 6. The number of carbonyl (C=O) groups excluding carboxylic acids is 1. The molecule has 1 aromatic carbocycles. The zero-order valence-electron chi connectivity index (χ0n) is 15.2. The molecule has 0 unspecified atom stereocenters. The third-order valence-electron chi connectivity index (χ3n) is 5.01. The monoisotopic (exact) mass is 373 g/mol. The average molecular weight is 373 g/mol. The van der Waals surface area contributed by atoms with Crippen molar-refractivity contribution in [2.24, 2.45) is 0 Å². The van der Waals surface area contributed by atoms with Crippen molar-refractivity contribution in [3.63, 3.8) is 0 Å². The lowest BCUT2D eigenvalue weighted by atomic mass is 10.2. The quantitative estimate of drug-likeness (QED) is 0.577. The van der Waals surface area contributed by atoms with Gasteiger partial charge in [-0.2, -0.15) is 5.10 Å². The molecule has 0 saturated heterocycles. The molecule has 0 bridgehead atoms. The van der Waals surface area contributed by atoms with Crippen molar-refractivity contribution >= 4 is 16.9 Å². The molecule has 1 aliphatic heterocycles. The number of benzene rings is 1. The summed E-state index contributed by atoms with van der Waals surface area (Å²) in [5.41, 5.74) is 2.42. The van der Waals surface area contributed by atoms with Crippen molar-refractivity contribution in [1.82, 2.24) is 34.8 Å². The minimum Gasteiger partial charge on any atom is -0.345 e. The van der Waals surface area contributed by atoms with E-state index >= 15 is 0 Å². The van der Waals surface area contributed by atoms with E-state index in [1.807, 2.05) is 28.9 Å². The molecular weight excluding hydrogens is 354 g/mol. The van der Waals surface area contributed by atoms with Crippen LogP contribution in [-0.2, 0) is 26.1 Å². The van der Waals surface area contributed by atoms with Gasteiger partial charge in [0.2, 0.25) is 0 Å². The number of fused-ring (bicyclic) bond motifs is 2. The Morgan fingerprint density at radius 1 is 1.14 bits per heavy atom. The van der Waals surface area contributed by atoms with Crippen molar-refractivity contribution in [1.29, 1.82) is 0 Å². The number of nitrogens with zero attached hydrogens (tertiary/aromatic N) is 6. The Kier molecular flexibility index (Phi) is 4.08. The lowest BCUT2D eigenvalue weighted by Crippen LogP contribution is -2.24. The number of rotatable bonds is 5. The van der Waals surface area contributed by atoms with E-state index in [1.54, 1.807) is 12.4 Å². The average Bonchev–Trinajstić information content (AvgIpc) is 3.43. The number of hydrogen-bond acceptors (Lipinski definition) is 5. The van der Waals surface area contributed by atoms with Crippen molar-refractivity contribution in [2.75, 3.05) is 0 Å². The van der Waals surface area contributed by atoms with Gasteiger partial charge in [-0.25, -0.2) is 9.67 Å². The van der Waals surface area contributed by atoms with Gasteiger partial charge in [0.05, 0.1) is 24.8 Å². The molecule has 1 N–H and O–H groups in total. The zero-order chi connectivity index (χ0) is 18.9. The molecule has 0 radical (unpaired) electrons. The fourth-order valence-electron chi connectivity index (χ4n) is 3.57. The van der Waals surface area contributed by atoms with Crippen LogP contribution in [0.25, 0.3) is 11.0 Å². The highest BCUT2D eigenvalue weighted by molar-refractivity contribution is 5.96. The first-order valence-electron chi connectivity index (χ1n) is 9.32. The standard InChI is InChI=1S/C20H19N7O/c28-20(22-12-18-25-24-17-7-4-8-26(17)18)16-9-15-11-23-27(19(15)21-10-16)13-14-5-2-1-3-6-14/h1-3,5-6,9-11H,4,7-8,12-13H2,(H,22,28). The van der Waals surface area contributed by atoms with Crippen LogP contribution in [0.4, 0.5) is 0 Å². The third-order valence-corrected chi connectivity index (χ3v) is 5.01. The first kappa shape index (κ1) is 16.6. The molecule has 4 heterocycles. The summed E-state index contributed by atoms with van der Waals surface area (Å²) in [6.07, 6.45) is 5.37. The first-order valence-corrected chi connectivity index (χ1v) is 9.32. The van der Waals surface area contributed by atoms with E-state index in [4.69, 9.17) is 0 Å². The summed E-state index contributed by atoms with van der Waals surface area (Å²) in [6, 6.07) is 11.9. The number of amides is 1. The molecule has 8 heteroatoms. The van der Waals surface area contributed by atoms with Gasteiger partial charge in [-0.15, -0.1) is 10.2 Å². The first-order chi connectivity index (χ1) is 13.8. The molecule has 8 nitrogen and oxygen atoms in total. The fourth-order valence-corrected chi connectivity index (χ4v) is 3.57. The topological polar surface area (TPSA) is 90.5 Å². The van der Waals surface area contributed by atoms with Gasteiger partial charge in [-0.3, -0.25) is 4.79 Å². The van der Waals surface area contributed by atoms with Crippen LogP contribution in [0, 0.1) is 0 Å². The predicted molar refractivity (Wildman–Crippen MR) is 103 cm³/mol. The van der Waals surface area contributed by atoms with Crippen molar-refractivity contribution < 1.29 is 4.79 Å². The Bertz CT molecular complexity index is 1150. The van der Waals surface area contributed by atoms with Gasteiger partial charge in [-0.1, -0.05) is 30.3 Å². The van der Waals surface area contributed by atoms with E-state index in [9.17, 15) is 4.79 Å². The van der Waals surface area contributed by atoms with Crippen LogP contribution in [0.15, 0.2) is 48.8 Å². The van der Waals surface area contributed by atoms with Crippen LogP contribution in [-0.4, -0.2) is 35.4 Å². The maximum atomic E-state index is 12.5. The predicted octanol–water partition coefficient (Wildman–Crippen LogP) is 1.95. The van der Waals surface area contributed by atoms with Gasteiger partial charge in [0, 0.05) is 24.5 Å². The van der Waals surface area contributed by atoms with Gasteiger partial charge >= 0.3 is 0 Å². The van der Waals surface area contributed by atoms with Gasteiger partial charge < -0.3 is 9.88 Å². The second kappa shape index (κ2) is 6.88. The van der Waals surface area contributed by atoms with Crippen LogP contribution >= 0.6 is 0 Å². The van der Waals surface area contributed by atoms with Crippen LogP contribution in [0.3, 0.4) is 0 Å². The SMILES string of the molecule is O=C(NCc1nnc2n1CCC2)c1cnc2c(cnn2Cc2ccccc2)c1. The van der Waals surface area contributed by atoms with Gasteiger partial charge in [-0.05, 0) is 18.1 Å². The molecule has 0 atom stereocenters. The zero-order valence-corrected chi connectivity index (χ0v) is 15.2. The van der Waals surface area contributed by atoms with Crippen LogP contribution in [0.5, 0.6) is 0 Å². The molecular formula is C20H19N7O. The van der Waals surface area contributed by atoms with Gasteiger partial charge in [0.25, 0.3) is 5.91 Å². The molecule has 1 amide bonds. The molecule has 1 aliphatic rings. The van der Waals surface area contributed by atoms with Crippen LogP contribution in [0.2, 0.25) is 0 Å². The van der Waals surface area contributed by atoms with E-state index in [0.717, 1.165) is 47.6 Å². The molecule has 0 saturated carbocycles. The van der Waals surface area contributed by atoms with Crippen LogP contribution in [0.1, 0.15) is 34.0 Å². The van der Waals surface area contributed by atoms with E-state index < -0.39 is 0 Å². The maximum absolute atomic E-state index is 12.5. The highest BCUT2D eigenvalue weighted by Gasteiger charge is 2.18. The van der Waals surface area contributed by atoms with Gasteiger partial charge in [0.15, 0.2) is 11.5 Å². The molecule has 0 spiro atoms. The van der Waals surface area contributed by atoms with Crippen molar-refractivity contribution in [3.8, 4) is 0 Å². The number of pyridine rings is 1. The molecule has 140 valence electrons. The number of hydrogen-bond donors (Lipinski definition) is 1. The molecule has 3 aromatic heterocycles. The highest BCUT2D eigenvalue weighted by atomic mass is 16.1. The Morgan fingerprint density at radius 2 is 2.04 bits per heavy atom. The van der Waals surface area contributed by atoms with Gasteiger partial charge in [0.1, 0.15) is 5.82 Å². The third kappa shape index (κ3) is 3.02. The van der Waals surface area contributed by atoms with E-state index in [1.165, 1.54) is 0 Å². The maximum Gasteiger partial charge on any atom is 0.253 e. The summed E-state index contributed by atoms with van der Waals surface area (Å²) in [6.45, 7) is 1.92. The Balaban J connectivity index is 1.31. The summed E-state index contributed by atoms with van der Waals surface area (Å²) in [5.74, 6) is 1.62. The minimum atomic E-state index is -0.180. The molecule has 0 aliphatic carbocycles. The fraction of sp³-hybridized carbons (Fsp3) is 0.250. The lowest BCUT2D eigenvalue weighted by molar-refractivity contribution is 0.0949. The summed E-state index contributed by atoms with van der Waals surface area (Å²) < 4.78 is 3.92. The summed E-state index contributed by atoms with van der Waals surface area (Å²) in [4.78, 5) is 17.0. The largest absolute Gasteiger partial charge is 0.345 e. The molecule has 0 fully saturated rings. The summed E-state index contributed by atoms with van der Waals surface area (Å²) in [7, 11) is 0. The van der Waals surface area contributed by atoms with E-state index in [0.29, 0.717) is 18.7 Å². The Labute approximate surface area is 161 Å². The molecule has 4 aromatic rings. The number of aryl methyl sites for hydroxylation is 1. The molecule has 5 rings (SSSR count). The van der Waals surface area contributed by atoms with E-state index in [-0.39, 0.29) is 5.91 Å². The van der Waals surface area contributed by atoms with Crippen LogP contribution < -0.4 is 5.32 Å². The summed E-state index contributed by atoms with van der Waals surface area (Å²) >= 11 is 0. The number of carbonyl (C=O) groups is 1. The number of nitrogens with one attached hydrogen (secondary N) is 1. The smallest absolute Gasteiger partial charge is 0.253 e. The highest BCUT2D eigenvalue weighted by Crippen LogP contribution is 2.16. The summed E-state index contributed by atoms with van der Waals surface area (Å²) in [5, 5.41) is 16.5. The Morgan fingerprint density at radius 3 is 2.93 bits per heavy atom. The van der Waals surface area contributed by atoms with E-state index in [2.05, 4.69) is 42.3 Å². The minimum absolute atomic E-state index is 0.180. The second-order valence-electron chi connectivity index (χ2n) is 6.89. The normalized spacial score (nSPS) is 13.0. The Hall–Kier alpha value is -3.55. The second-order valence-corrected chi connectivity index (χ2v) is 6.89. The molecule has 28 heavy (non-hydrogen) atoms. The van der Waals surface area contributed by atoms with Crippen molar-refractivity contribution in [2.45, 2.75) is 32.5 Å². The lowest BCUT2D eigenvalue weighted by Gasteiger charge is -2.06.